The third-order valence-electron chi connectivity index (χ3n) is 6.98. The largest absolute Gasteiger partial charge is 0.493 e. The molecule has 4 aromatic rings. The van der Waals surface area contributed by atoms with Gasteiger partial charge in [0.1, 0.15) is 11.5 Å². The zero-order valence-electron chi connectivity index (χ0n) is 24.5. The van der Waals surface area contributed by atoms with E-state index in [1.165, 1.54) is 17.7 Å². The third-order valence-corrected chi connectivity index (χ3v) is 8.65. The molecule has 0 spiro atoms. The topological polar surface area (TPSA) is 135 Å². The molecule has 1 aliphatic rings. The molecular weight excluding hydrogens is 654 g/mol. The number of aryl methyl sites for hydroxylation is 1. The van der Waals surface area contributed by atoms with Crippen molar-refractivity contribution in [3.05, 3.63) is 105 Å². The molecule has 228 valence electrons. The van der Waals surface area contributed by atoms with E-state index in [1.54, 1.807) is 63.2 Å². The molecule has 44 heavy (non-hydrogen) atoms. The molecule has 3 heterocycles. The fourth-order valence-electron chi connectivity index (χ4n) is 4.95. The minimum atomic E-state index is -0.883. The van der Waals surface area contributed by atoms with Crippen molar-refractivity contribution in [3.8, 4) is 22.8 Å². The molecule has 0 bridgehead atoms. The smallest absolute Gasteiger partial charge is 0.338 e. The minimum Gasteiger partial charge on any atom is -0.493 e. The second-order valence-corrected chi connectivity index (χ2v) is 11.6. The Labute approximate surface area is 264 Å². The Morgan fingerprint density at radius 2 is 1.93 bits per heavy atom. The van der Waals surface area contributed by atoms with Gasteiger partial charge in [-0.25, -0.2) is 9.79 Å². The maximum Gasteiger partial charge on any atom is 0.338 e. The predicted molar refractivity (Wildman–Crippen MR) is 168 cm³/mol. The van der Waals surface area contributed by atoms with E-state index in [9.17, 15) is 19.7 Å². The van der Waals surface area contributed by atoms with Crippen molar-refractivity contribution < 1.29 is 28.3 Å². The van der Waals surface area contributed by atoms with Crippen LogP contribution in [0.1, 0.15) is 43.7 Å². The highest BCUT2D eigenvalue weighted by Gasteiger charge is 2.35. The van der Waals surface area contributed by atoms with E-state index in [-0.39, 0.29) is 17.9 Å². The second-order valence-electron chi connectivity index (χ2n) is 9.72. The summed E-state index contributed by atoms with van der Waals surface area (Å²) in [7, 11) is 1.51. The molecule has 0 radical (unpaired) electrons. The van der Waals surface area contributed by atoms with Gasteiger partial charge in [-0.15, -0.1) is 0 Å². The summed E-state index contributed by atoms with van der Waals surface area (Å²) in [5, 5.41) is 11.4. The second kappa shape index (κ2) is 12.6. The number of carbonyl (C=O) groups excluding carboxylic acids is 1. The molecule has 1 aliphatic heterocycles. The first-order valence-corrected chi connectivity index (χ1v) is 15.2. The Morgan fingerprint density at radius 1 is 1.16 bits per heavy atom. The molecule has 0 unspecified atom stereocenters. The molecule has 0 saturated carbocycles. The van der Waals surface area contributed by atoms with Gasteiger partial charge in [0, 0.05) is 27.7 Å². The summed E-state index contributed by atoms with van der Waals surface area (Å²) in [4.78, 5) is 43.3. The summed E-state index contributed by atoms with van der Waals surface area (Å²) in [6.45, 7) is 7.50. The number of carbonyl (C=O) groups is 1. The Balaban J connectivity index is 1.66. The molecule has 2 aromatic carbocycles. The van der Waals surface area contributed by atoms with Gasteiger partial charge >= 0.3 is 5.97 Å². The summed E-state index contributed by atoms with van der Waals surface area (Å²) < 4.78 is 25.0. The summed E-state index contributed by atoms with van der Waals surface area (Å²) in [5.41, 5.74) is 1.89. The van der Waals surface area contributed by atoms with Crippen LogP contribution in [0.5, 0.6) is 11.5 Å². The van der Waals surface area contributed by atoms with Crippen LogP contribution in [0, 0.1) is 17.0 Å². The molecule has 0 aliphatic carbocycles. The van der Waals surface area contributed by atoms with Crippen LogP contribution in [0.3, 0.4) is 0 Å². The zero-order valence-corrected chi connectivity index (χ0v) is 26.9. The van der Waals surface area contributed by atoms with Gasteiger partial charge in [-0.05, 0) is 57.5 Å². The number of rotatable bonds is 9. The number of thiazole rings is 1. The highest BCUT2D eigenvalue weighted by atomic mass is 79.9. The molecule has 13 heteroatoms. The Morgan fingerprint density at radius 3 is 2.61 bits per heavy atom. The Hall–Kier alpha value is -4.49. The van der Waals surface area contributed by atoms with Crippen molar-refractivity contribution >= 4 is 45.0 Å². The molecule has 5 rings (SSSR count). The van der Waals surface area contributed by atoms with Gasteiger partial charge in [-0.3, -0.25) is 19.5 Å². The van der Waals surface area contributed by atoms with E-state index in [1.807, 2.05) is 6.92 Å². The first-order valence-electron chi connectivity index (χ1n) is 13.6. The molecule has 11 nitrogen and oxygen atoms in total. The van der Waals surface area contributed by atoms with Crippen molar-refractivity contribution in [3.63, 3.8) is 0 Å². The third kappa shape index (κ3) is 5.72. The molecule has 0 amide bonds. The van der Waals surface area contributed by atoms with E-state index >= 15 is 0 Å². The number of ether oxygens (including phenoxy) is 3. The monoisotopic (exact) mass is 681 g/mol. The number of aromatic nitrogens is 1. The van der Waals surface area contributed by atoms with E-state index in [0.29, 0.717) is 65.8 Å². The van der Waals surface area contributed by atoms with Crippen LogP contribution in [-0.4, -0.2) is 35.8 Å². The summed E-state index contributed by atoms with van der Waals surface area (Å²) in [6.07, 6.45) is 1.59. The molecule has 0 fully saturated rings. The summed E-state index contributed by atoms with van der Waals surface area (Å²) >= 11 is 4.76. The number of nitro groups is 1. The number of esters is 1. The number of hydrogen-bond donors (Lipinski definition) is 0. The number of halogens is 1. The van der Waals surface area contributed by atoms with Crippen molar-refractivity contribution in [2.75, 3.05) is 20.3 Å². The quantitative estimate of drug-likeness (QED) is 0.129. The van der Waals surface area contributed by atoms with Crippen LogP contribution < -0.4 is 24.4 Å². The lowest BCUT2D eigenvalue weighted by molar-refractivity contribution is -0.385. The normalized spacial score (nSPS) is 14.7. The van der Waals surface area contributed by atoms with Crippen LogP contribution in [0.2, 0.25) is 0 Å². The number of furan rings is 1. The molecule has 0 saturated heterocycles. The first-order chi connectivity index (χ1) is 21.1. The van der Waals surface area contributed by atoms with Gasteiger partial charge in [0.2, 0.25) is 0 Å². The van der Waals surface area contributed by atoms with E-state index in [2.05, 4.69) is 20.9 Å². The molecular formula is C31H28BrN3O8S. The predicted octanol–water partition coefficient (Wildman–Crippen LogP) is 5.44. The van der Waals surface area contributed by atoms with Gasteiger partial charge in [0.25, 0.3) is 11.2 Å². The Kier molecular flexibility index (Phi) is 8.88. The summed E-state index contributed by atoms with van der Waals surface area (Å²) in [6, 6.07) is 10.8. The number of hydrogen-bond acceptors (Lipinski definition) is 10. The van der Waals surface area contributed by atoms with E-state index < -0.39 is 22.5 Å². The van der Waals surface area contributed by atoms with Crippen molar-refractivity contribution in [2.24, 2.45) is 4.99 Å². The number of nitrogens with zero attached hydrogens (tertiary/aromatic N) is 3. The molecule has 1 atom stereocenters. The first kappa shape index (κ1) is 31.0. The van der Waals surface area contributed by atoms with Crippen LogP contribution in [0.15, 0.2) is 72.4 Å². The van der Waals surface area contributed by atoms with Crippen LogP contribution in [0.4, 0.5) is 5.69 Å². The standard InChI is InChI=1S/C31H28BrN3O8S/c1-6-41-25-15-21(32)20(14-24(25)40-5)28-27(30(37)42-7-2)17(4)33-31-34(28)29(36)26(44-31)13-19-10-11-23(43-19)18-9-8-16(3)22(12-18)35(38)39/h8-15,28H,6-7H2,1-5H3/b26-13+/t28-/m1/s1. The number of nitro benzene ring substituents is 1. The lowest BCUT2D eigenvalue weighted by Gasteiger charge is -2.26. The van der Waals surface area contributed by atoms with Crippen LogP contribution in [-0.2, 0) is 9.53 Å². The van der Waals surface area contributed by atoms with Gasteiger partial charge in [-0.1, -0.05) is 39.4 Å². The maximum atomic E-state index is 14.0. The van der Waals surface area contributed by atoms with Gasteiger partial charge < -0.3 is 18.6 Å². The zero-order chi connectivity index (χ0) is 31.7. The highest BCUT2D eigenvalue weighted by Crippen LogP contribution is 2.41. The van der Waals surface area contributed by atoms with Crippen molar-refractivity contribution in [1.29, 1.82) is 0 Å². The lowest BCUT2D eigenvalue weighted by atomic mass is 9.95. The lowest BCUT2D eigenvalue weighted by Crippen LogP contribution is -2.40. The molecule has 2 aromatic heterocycles. The fraction of sp³-hybridized carbons (Fsp3) is 0.258. The van der Waals surface area contributed by atoms with Gasteiger partial charge in [0.05, 0.1) is 47.1 Å². The molecule has 0 N–H and O–H groups in total. The van der Waals surface area contributed by atoms with E-state index in [4.69, 9.17) is 18.6 Å². The van der Waals surface area contributed by atoms with Gasteiger partial charge in [0.15, 0.2) is 16.3 Å². The summed E-state index contributed by atoms with van der Waals surface area (Å²) in [5.74, 6) is 1.13. The average molecular weight is 683 g/mol. The number of fused-ring (bicyclic) bond motifs is 1. The van der Waals surface area contributed by atoms with E-state index in [0.717, 1.165) is 11.3 Å². The SMILES string of the molecule is CCOC(=O)C1=C(C)N=c2s/c(=C/c3ccc(-c4ccc(C)c([N+](=O)[O-])c4)o3)c(=O)n2[C@@H]1c1cc(OC)c(OCC)cc1Br. The number of allylic oxidation sites excluding steroid dienone is 1. The van der Waals surface area contributed by atoms with Crippen molar-refractivity contribution in [2.45, 2.75) is 33.7 Å². The highest BCUT2D eigenvalue weighted by molar-refractivity contribution is 9.10. The number of benzene rings is 2. The number of methoxy groups -OCH3 is 1. The Bertz CT molecular complexity index is 2010. The fourth-order valence-corrected chi connectivity index (χ4v) is 6.51. The van der Waals surface area contributed by atoms with Crippen LogP contribution >= 0.6 is 27.3 Å². The maximum absolute atomic E-state index is 14.0. The average Bonchev–Trinajstić information content (AvgIpc) is 3.57. The van der Waals surface area contributed by atoms with Crippen molar-refractivity contribution in [1.82, 2.24) is 4.57 Å². The van der Waals surface area contributed by atoms with Gasteiger partial charge in [-0.2, -0.15) is 0 Å². The minimum absolute atomic E-state index is 0.0152. The van der Waals surface area contributed by atoms with Crippen LogP contribution in [0.25, 0.3) is 17.4 Å².